The predicted molar refractivity (Wildman–Crippen MR) is 362 cm³/mol. The van der Waals surface area contributed by atoms with Crippen molar-refractivity contribution in [3.05, 3.63) is 340 Å². The molecular formula is C81H70N4. The molecule has 0 unspecified atom stereocenters. The van der Waals surface area contributed by atoms with E-state index in [4.69, 9.17) is 0 Å². The lowest BCUT2D eigenvalue weighted by molar-refractivity contribution is 0.793. The van der Waals surface area contributed by atoms with Crippen molar-refractivity contribution in [3.8, 4) is 22.3 Å². The fraction of sp³-hybridized carbons (Fsp3) is 0.111. The molecule has 4 heteroatoms. The molecule has 13 rings (SSSR count). The van der Waals surface area contributed by atoms with Crippen LogP contribution in [-0.4, -0.2) is 0 Å². The van der Waals surface area contributed by atoms with Crippen molar-refractivity contribution in [2.24, 2.45) is 0 Å². The lowest BCUT2D eigenvalue weighted by atomic mass is 9.70. The van der Waals surface area contributed by atoms with Crippen LogP contribution >= 0.6 is 0 Å². The second-order valence-corrected chi connectivity index (χ2v) is 23.4. The van der Waals surface area contributed by atoms with Crippen LogP contribution in [0.2, 0.25) is 0 Å². The van der Waals surface area contributed by atoms with Gasteiger partial charge in [0.2, 0.25) is 0 Å². The molecule has 85 heavy (non-hydrogen) atoms. The second kappa shape index (κ2) is 22.2. The molecule has 0 atom stereocenters. The number of hydrogen-bond donors (Lipinski definition) is 0. The number of allylic oxidation sites excluding steroid dienone is 4. The molecule has 0 bridgehead atoms. The summed E-state index contributed by atoms with van der Waals surface area (Å²) in [4.78, 5) is 9.70. The SMILES string of the molecule is C=C/C=C(C)\C=C\N(c1cccc(C)c1)c1ccc2c(c1)C1(c3cc(N(c4cccc(C)c4)c4cccc(C)c4)ccc3-2)c2cc(N(c3cccc(C)c3)c3cccc(C)c3)ccc2-c2ccc(N(c3cccc(C)c3)c3cccc(C)c3)cc21. The minimum Gasteiger partial charge on any atom is -0.317 e. The molecule has 0 saturated carbocycles. The summed E-state index contributed by atoms with van der Waals surface area (Å²) in [6.07, 6.45) is 8.32. The lowest BCUT2D eigenvalue weighted by Gasteiger charge is -2.35. The van der Waals surface area contributed by atoms with Crippen LogP contribution in [0, 0.1) is 48.5 Å². The standard InChI is InChI=1S/C81H70N4/c1-10-18-54(2)41-42-82(62-26-11-19-55(3)43-62)63-33-37-73-74-38-34-70(83(64-27-12-20-56(4)44-64)65-28-13-21-57(5)45-65)51-78(74)81(77(73)50-63)79-52-71(84(66-29-14-22-58(6)46-66)67-30-15-23-59(7)47-67)35-39-75(79)76-40-36-72(53-80(76)81)85(68-31-16-24-60(8)48-68)69-32-17-25-61(9)49-69/h10-53H,1H2,2-9H3/b42-41+,54-18-. The molecule has 11 aromatic rings. The van der Waals surface area contributed by atoms with Crippen LogP contribution in [0.3, 0.4) is 0 Å². The molecule has 0 aliphatic heterocycles. The van der Waals surface area contributed by atoms with Gasteiger partial charge in [0.15, 0.2) is 0 Å². The van der Waals surface area contributed by atoms with Gasteiger partial charge in [0.05, 0.1) is 5.41 Å². The quantitative estimate of drug-likeness (QED) is 0.101. The molecule has 11 aromatic carbocycles. The smallest absolute Gasteiger partial charge is 0.0728 e. The highest BCUT2D eigenvalue weighted by atomic mass is 15.2. The molecule has 0 fully saturated rings. The maximum atomic E-state index is 4.04. The van der Waals surface area contributed by atoms with Crippen molar-refractivity contribution in [1.29, 1.82) is 0 Å². The number of fused-ring (bicyclic) bond motifs is 10. The zero-order chi connectivity index (χ0) is 58.5. The van der Waals surface area contributed by atoms with Crippen LogP contribution in [0.1, 0.15) is 68.1 Å². The van der Waals surface area contributed by atoms with Crippen LogP contribution in [0.5, 0.6) is 0 Å². The van der Waals surface area contributed by atoms with E-state index >= 15 is 0 Å². The Labute approximate surface area is 502 Å². The Balaban J connectivity index is 1.16. The van der Waals surface area contributed by atoms with Crippen molar-refractivity contribution in [2.75, 3.05) is 19.6 Å². The highest BCUT2D eigenvalue weighted by Crippen LogP contribution is 2.65. The first kappa shape index (κ1) is 54.1. The van der Waals surface area contributed by atoms with E-state index < -0.39 is 5.41 Å². The summed E-state index contributed by atoms with van der Waals surface area (Å²) in [5.74, 6) is 0. The van der Waals surface area contributed by atoms with Gasteiger partial charge in [-0.15, -0.1) is 0 Å². The van der Waals surface area contributed by atoms with Crippen LogP contribution in [0.4, 0.5) is 62.6 Å². The normalized spacial score (nSPS) is 12.6. The van der Waals surface area contributed by atoms with Crippen LogP contribution < -0.4 is 19.6 Å². The summed E-state index contributed by atoms with van der Waals surface area (Å²) >= 11 is 0. The Morgan fingerprint density at radius 2 is 0.541 bits per heavy atom. The molecule has 0 aromatic heterocycles. The van der Waals surface area contributed by atoms with Gasteiger partial charge in [-0.25, -0.2) is 0 Å². The van der Waals surface area contributed by atoms with Crippen molar-refractivity contribution in [1.82, 2.24) is 0 Å². The molecule has 414 valence electrons. The fourth-order valence-corrected chi connectivity index (χ4v) is 13.2. The third-order valence-electron chi connectivity index (χ3n) is 17.0. The number of aryl methyl sites for hydroxylation is 7. The average molecular weight is 1100 g/mol. The summed E-state index contributed by atoms with van der Waals surface area (Å²) in [7, 11) is 0. The van der Waals surface area contributed by atoms with Gasteiger partial charge in [-0.05, 0) is 284 Å². The maximum Gasteiger partial charge on any atom is 0.0728 e. The number of rotatable bonds is 14. The molecule has 0 heterocycles. The summed E-state index contributed by atoms with van der Waals surface area (Å²) in [6, 6.07) is 91.3. The maximum absolute atomic E-state index is 4.04. The first-order valence-corrected chi connectivity index (χ1v) is 29.6. The number of hydrogen-bond acceptors (Lipinski definition) is 4. The van der Waals surface area contributed by atoms with Crippen molar-refractivity contribution >= 4 is 62.6 Å². The van der Waals surface area contributed by atoms with Gasteiger partial charge in [-0.2, -0.15) is 0 Å². The third-order valence-corrected chi connectivity index (χ3v) is 17.0. The fourth-order valence-electron chi connectivity index (χ4n) is 13.2. The van der Waals surface area contributed by atoms with Crippen molar-refractivity contribution < 1.29 is 0 Å². The van der Waals surface area contributed by atoms with Crippen molar-refractivity contribution in [2.45, 2.75) is 60.8 Å². The van der Waals surface area contributed by atoms with Gasteiger partial charge in [0.1, 0.15) is 0 Å². The summed E-state index contributed by atoms with van der Waals surface area (Å²) in [6.45, 7) is 21.5. The molecule has 1 spiro atoms. The van der Waals surface area contributed by atoms with Gasteiger partial charge in [-0.1, -0.05) is 128 Å². The average Bonchev–Trinajstić information content (AvgIpc) is 1.55. The molecule has 0 N–H and O–H groups in total. The zero-order valence-electron chi connectivity index (χ0n) is 49.9. The molecule has 0 radical (unpaired) electrons. The number of nitrogens with zero attached hydrogens (tertiary/aromatic N) is 4. The Hall–Kier alpha value is -10.2. The number of benzene rings is 11. The first-order valence-electron chi connectivity index (χ1n) is 29.6. The Morgan fingerprint density at radius 1 is 0.306 bits per heavy atom. The van der Waals surface area contributed by atoms with E-state index in [9.17, 15) is 0 Å². The summed E-state index contributed by atoms with van der Waals surface area (Å²) < 4.78 is 0. The molecule has 0 saturated heterocycles. The topological polar surface area (TPSA) is 13.0 Å². The van der Waals surface area contributed by atoms with Gasteiger partial charge in [0, 0.05) is 68.8 Å². The minimum atomic E-state index is -0.853. The molecular weight excluding hydrogens is 1030 g/mol. The zero-order valence-corrected chi connectivity index (χ0v) is 49.9. The predicted octanol–water partition coefficient (Wildman–Crippen LogP) is 22.4. The summed E-state index contributed by atoms with van der Waals surface area (Å²) in [5.41, 5.74) is 30.4. The Morgan fingerprint density at radius 3 is 0.824 bits per heavy atom. The van der Waals surface area contributed by atoms with E-state index in [1.165, 1.54) is 83.5 Å². The highest BCUT2D eigenvalue weighted by molar-refractivity contribution is 5.99. The van der Waals surface area contributed by atoms with Gasteiger partial charge in [0.25, 0.3) is 0 Å². The number of anilines is 11. The largest absolute Gasteiger partial charge is 0.317 e. The molecule has 2 aliphatic carbocycles. The molecule has 4 nitrogen and oxygen atoms in total. The van der Waals surface area contributed by atoms with E-state index in [0.717, 1.165) is 68.1 Å². The van der Waals surface area contributed by atoms with Gasteiger partial charge < -0.3 is 19.6 Å². The first-order chi connectivity index (χ1) is 41.3. The van der Waals surface area contributed by atoms with Crippen LogP contribution in [0.25, 0.3) is 22.3 Å². The Bertz CT molecular complexity index is 4050. The van der Waals surface area contributed by atoms with Crippen LogP contribution in [-0.2, 0) is 5.41 Å². The minimum absolute atomic E-state index is 0.853. The second-order valence-electron chi connectivity index (χ2n) is 23.4. The highest BCUT2D eigenvalue weighted by Gasteiger charge is 2.53. The third kappa shape index (κ3) is 9.94. The molecule has 0 amide bonds. The lowest BCUT2D eigenvalue weighted by Crippen LogP contribution is -2.27. The van der Waals surface area contributed by atoms with Gasteiger partial charge in [-0.3, -0.25) is 0 Å². The molecule has 2 aliphatic rings. The monoisotopic (exact) mass is 1100 g/mol. The van der Waals surface area contributed by atoms with Crippen molar-refractivity contribution in [3.63, 3.8) is 0 Å². The van der Waals surface area contributed by atoms with E-state index in [2.05, 4.69) is 343 Å². The van der Waals surface area contributed by atoms with Crippen LogP contribution in [0.15, 0.2) is 279 Å². The van der Waals surface area contributed by atoms with Gasteiger partial charge >= 0.3 is 0 Å². The van der Waals surface area contributed by atoms with E-state index in [-0.39, 0.29) is 0 Å². The van der Waals surface area contributed by atoms with E-state index in [1.54, 1.807) is 0 Å². The van der Waals surface area contributed by atoms with E-state index in [0.29, 0.717) is 0 Å². The summed E-state index contributed by atoms with van der Waals surface area (Å²) in [5, 5.41) is 0. The Kier molecular flexibility index (Phi) is 14.1. The van der Waals surface area contributed by atoms with E-state index in [1.807, 2.05) is 6.08 Å².